The number of hydrogen-bond acceptors (Lipinski definition) is 5. The van der Waals surface area contributed by atoms with Crippen LogP contribution in [0.1, 0.15) is 28.4 Å². The Morgan fingerprint density at radius 3 is 2.59 bits per heavy atom. The quantitative estimate of drug-likeness (QED) is 0.722. The minimum absolute atomic E-state index is 0.351. The Bertz CT molecular complexity index is 837. The van der Waals surface area contributed by atoms with Gasteiger partial charge in [-0.05, 0) is 43.2 Å². The lowest BCUT2D eigenvalue weighted by Crippen LogP contribution is -2.30. The molecule has 0 spiro atoms. The molecule has 0 aliphatic rings. The molecule has 7 heteroatoms. The van der Waals surface area contributed by atoms with Gasteiger partial charge in [0.15, 0.2) is 6.10 Å². The van der Waals surface area contributed by atoms with Gasteiger partial charge in [-0.25, -0.2) is 4.79 Å². The molecular formula is C20H22ClNO5. The summed E-state index contributed by atoms with van der Waals surface area (Å²) in [5.41, 5.74) is 2.43. The van der Waals surface area contributed by atoms with Crippen LogP contribution in [0.2, 0.25) is 5.02 Å². The van der Waals surface area contributed by atoms with E-state index in [-0.39, 0.29) is 0 Å². The number of esters is 1. The van der Waals surface area contributed by atoms with E-state index in [0.29, 0.717) is 28.6 Å². The van der Waals surface area contributed by atoms with E-state index in [9.17, 15) is 9.59 Å². The fourth-order valence-corrected chi connectivity index (χ4v) is 2.55. The Labute approximate surface area is 163 Å². The smallest absolute Gasteiger partial charge is 0.338 e. The summed E-state index contributed by atoms with van der Waals surface area (Å²) in [7, 11) is 3.05. The Kier molecular flexibility index (Phi) is 7.21. The van der Waals surface area contributed by atoms with E-state index in [1.807, 2.05) is 13.0 Å². The molecule has 0 saturated heterocycles. The first-order valence-electron chi connectivity index (χ1n) is 8.29. The van der Waals surface area contributed by atoms with E-state index in [2.05, 4.69) is 5.32 Å². The molecule has 0 fully saturated rings. The predicted octanol–water partition coefficient (Wildman–Crippen LogP) is 3.99. The number of nitrogens with one attached hydrogen (secondary N) is 1. The number of amides is 1. The van der Waals surface area contributed by atoms with Gasteiger partial charge in [0.25, 0.3) is 5.91 Å². The number of halogens is 1. The molecule has 2 aromatic rings. The average molecular weight is 392 g/mol. The van der Waals surface area contributed by atoms with E-state index < -0.39 is 18.0 Å². The second-order valence-electron chi connectivity index (χ2n) is 5.97. The van der Waals surface area contributed by atoms with E-state index in [1.165, 1.54) is 14.0 Å². The predicted molar refractivity (Wildman–Crippen MR) is 103 cm³/mol. The maximum Gasteiger partial charge on any atom is 0.338 e. The fourth-order valence-electron chi connectivity index (χ4n) is 2.40. The monoisotopic (exact) mass is 391 g/mol. The van der Waals surface area contributed by atoms with Gasteiger partial charge in [0.2, 0.25) is 0 Å². The molecule has 2 aromatic carbocycles. The van der Waals surface area contributed by atoms with Gasteiger partial charge >= 0.3 is 5.97 Å². The number of hydrogen-bond donors (Lipinski definition) is 1. The van der Waals surface area contributed by atoms with E-state index in [4.69, 9.17) is 25.8 Å². The topological polar surface area (TPSA) is 73.9 Å². The molecule has 0 bridgehead atoms. The number of anilines is 1. The van der Waals surface area contributed by atoms with Gasteiger partial charge in [0, 0.05) is 18.2 Å². The molecule has 1 atom stereocenters. The lowest BCUT2D eigenvalue weighted by molar-refractivity contribution is -0.123. The molecule has 1 N–H and O–H groups in total. The molecule has 144 valence electrons. The highest BCUT2D eigenvalue weighted by Gasteiger charge is 2.21. The Morgan fingerprint density at radius 1 is 1.19 bits per heavy atom. The van der Waals surface area contributed by atoms with Crippen molar-refractivity contribution in [3.05, 3.63) is 58.1 Å². The summed E-state index contributed by atoms with van der Waals surface area (Å²) < 4.78 is 15.6. The molecule has 0 aromatic heterocycles. The molecule has 0 unspecified atom stereocenters. The van der Waals surface area contributed by atoms with Crippen LogP contribution in [0.3, 0.4) is 0 Å². The van der Waals surface area contributed by atoms with Gasteiger partial charge in [-0.1, -0.05) is 23.7 Å². The van der Waals surface area contributed by atoms with Crippen molar-refractivity contribution in [1.82, 2.24) is 0 Å². The zero-order valence-corrected chi connectivity index (χ0v) is 16.4. The summed E-state index contributed by atoms with van der Waals surface area (Å²) in [6.45, 7) is 3.70. The molecule has 0 aliphatic carbocycles. The lowest BCUT2D eigenvalue weighted by atomic mass is 10.1. The molecule has 6 nitrogen and oxygen atoms in total. The van der Waals surface area contributed by atoms with Gasteiger partial charge in [0.1, 0.15) is 5.75 Å². The van der Waals surface area contributed by atoms with Crippen LogP contribution in [-0.4, -0.2) is 32.2 Å². The maximum absolute atomic E-state index is 12.4. The molecule has 1 amide bonds. The standard InChI is InChI=1S/C20H22ClNO5/c1-12-8-17(18(26-4)10-16(12)21)22-19(23)13(2)27-20(24)15-7-5-6-14(9-15)11-25-3/h5-10,13H,11H2,1-4H3,(H,22,23)/t13-/m1/s1. The summed E-state index contributed by atoms with van der Waals surface area (Å²) in [6, 6.07) is 10.2. The minimum Gasteiger partial charge on any atom is -0.495 e. The zero-order valence-electron chi connectivity index (χ0n) is 15.7. The average Bonchev–Trinajstić information content (AvgIpc) is 2.64. The second kappa shape index (κ2) is 9.39. The number of rotatable bonds is 7. The summed E-state index contributed by atoms with van der Waals surface area (Å²) in [5.74, 6) is -0.643. The van der Waals surface area contributed by atoms with Gasteiger partial charge in [0.05, 0.1) is 25.0 Å². The Morgan fingerprint density at radius 2 is 1.93 bits per heavy atom. The third-order valence-corrected chi connectivity index (χ3v) is 4.27. The van der Waals surface area contributed by atoms with Crippen LogP contribution in [0.4, 0.5) is 5.69 Å². The second-order valence-corrected chi connectivity index (χ2v) is 6.38. The SMILES string of the molecule is COCc1cccc(C(=O)O[C@H](C)C(=O)Nc2cc(C)c(Cl)cc2OC)c1. The highest BCUT2D eigenvalue weighted by atomic mass is 35.5. The van der Waals surface area contributed by atoms with E-state index >= 15 is 0 Å². The van der Waals surface area contributed by atoms with Gasteiger partial charge < -0.3 is 19.5 Å². The number of ether oxygens (including phenoxy) is 3. The van der Waals surface area contributed by atoms with Crippen LogP contribution in [-0.2, 0) is 20.9 Å². The highest BCUT2D eigenvalue weighted by Crippen LogP contribution is 2.31. The minimum atomic E-state index is -0.996. The van der Waals surface area contributed by atoms with Crippen LogP contribution in [0.15, 0.2) is 36.4 Å². The zero-order chi connectivity index (χ0) is 20.0. The van der Waals surface area contributed by atoms with Crippen LogP contribution in [0.25, 0.3) is 0 Å². The Balaban J connectivity index is 2.06. The first-order valence-corrected chi connectivity index (χ1v) is 8.67. The third kappa shape index (κ3) is 5.45. The van der Waals surface area contributed by atoms with Crippen molar-refractivity contribution < 1.29 is 23.8 Å². The van der Waals surface area contributed by atoms with Crippen molar-refractivity contribution in [2.24, 2.45) is 0 Å². The van der Waals surface area contributed by atoms with Crippen molar-refractivity contribution in [1.29, 1.82) is 0 Å². The van der Waals surface area contributed by atoms with E-state index in [0.717, 1.165) is 11.1 Å². The van der Waals surface area contributed by atoms with Crippen molar-refractivity contribution in [2.75, 3.05) is 19.5 Å². The van der Waals surface area contributed by atoms with Gasteiger partial charge in [-0.15, -0.1) is 0 Å². The van der Waals surface area contributed by atoms with Crippen LogP contribution in [0, 0.1) is 6.92 Å². The molecule has 0 heterocycles. The first kappa shape index (κ1) is 20.7. The summed E-state index contributed by atoms with van der Waals surface area (Å²) in [4.78, 5) is 24.7. The molecule has 0 radical (unpaired) electrons. The molecule has 0 aliphatic heterocycles. The van der Waals surface area contributed by atoms with Crippen LogP contribution >= 0.6 is 11.6 Å². The number of aryl methyl sites for hydroxylation is 1. The largest absolute Gasteiger partial charge is 0.495 e. The Hall–Kier alpha value is -2.57. The van der Waals surface area contributed by atoms with Crippen molar-refractivity contribution in [2.45, 2.75) is 26.6 Å². The molecule has 2 rings (SSSR count). The number of carbonyl (C=O) groups is 2. The fraction of sp³-hybridized carbons (Fsp3) is 0.300. The molecule has 27 heavy (non-hydrogen) atoms. The van der Waals surface area contributed by atoms with E-state index in [1.54, 1.807) is 37.4 Å². The lowest BCUT2D eigenvalue weighted by Gasteiger charge is -2.16. The number of methoxy groups -OCH3 is 2. The first-order chi connectivity index (χ1) is 12.8. The maximum atomic E-state index is 12.4. The summed E-state index contributed by atoms with van der Waals surface area (Å²) >= 11 is 6.06. The van der Waals surface area contributed by atoms with Gasteiger partial charge in [-0.3, -0.25) is 4.79 Å². The van der Waals surface area contributed by atoms with Crippen LogP contribution < -0.4 is 10.1 Å². The van der Waals surface area contributed by atoms with Gasteiger partial charge in [-0.2, -0.15) is 0 Å². The van der Waals surface area contributed by atoms with Crippen LogP contribution in [0.5, 0.6) is 5.75 Å². The third-order valence-electron chi connectivity index (χ3n) is 3.87. The molecular weight excluding hydrogens is 370 g/mol. The summed E-state index contributed by atoms with van der Waals surface area (Å²) in [6.07, 6.45) is -0.996. The van der Waals surface area contributed by atoms with Crippen molar-refractivity contribution in [3.63, 3.8) is 0 Å². The number of benzene rings is 2. The van der Waals surface area contributed by atoms with Crippen molar-refractivity contribution >= 4 is 29.2 Å². The molecule has 0 saturated carbocycles. The van der Waals surface area contributed by atoms with Crippen molar-refractivity contribution in [3.8, 4) is 5.75 Å². The normalized spacial score (nSPS) is 11.6. The summed E-state index contributed by atoms with van der Waals surface area (Å²) in [5, 5.41) is 3.23. The number of carbonyl (C=O) groups excluding carboxylic acids is 2. The highest BCUT2D eigenvalue weighted by molar-refractivity contribution is 6.31.